The lowest BCUT2D eigenvalue weighted by molar-refractivity contribution is 0.0912. The van der Waals surface area contributed by atoms with Crippen LogP contribution in [0.5, 0.6) is 5.88 Å². The maximum atomic E-state index is 11.5. The van der Waals surface area contributed by atoms with Gasteiger partial charge in [-0.1, -0.05) is 0 Å². The van der Waals surface area contributed by atoms with Gasteiger partial charge in [-0.3, -0.25) is 14.9 Å². The third-order valence-electron chi connectivity index (χ3n) is 1.33. The van der Waals surface area contributed by atoms with Gasteiger partial charge in [0.1, 0.15) is 0 Å². The van der Waals surface area contributed by atoms with Crippen LogP contribution < -0.4 is 5.32 Å². The Hall–Kier alpha value is -1.65. The first-order valence-electron chi connectivity index (χ1n) is 4.20. The molecule has 0 aliphatic rings. The lowest BCUT2D eigenvalue weighted by Crippen LogP contribution is -2.40. The van der Waals surface area contributed by atoms with Crippen LogP contribution in [0.2, 0.25) is 0 Å². The number of aromatic nitrogens is 2. The fourth-order valence-electron chi connectivity index (χ4n) is 0.862. The molecule has 1 amide bonds. The van der Waals surface area contributed by atoms with E-state index in [2.05, 4.69) is 15.3 Å². The average molecular weight is 194 g/mol. The van der Waals surface area contributed by atoms with Crippen LogP contribution in [0, 0.1) is 0 Å². The molecule has 1 heterocycles. The highest BCUT2D eigenvalue weighted by molar-refractivity contribution is 5.92. The molecule has 75 valence electrons. The fourth-order valence-corrected chi connectivity index (χ4v) is 0.862. The van der Waals surface area contributed by atoms with Gasteiger partial charge in [0.25, 0.3) is 11.8 Å². The standard InChI is InChI=1S/C9H12N3O2/c1-9(2,3)12-8(14)6-4-10-5-7(13)11-6/h4-5H,1-3H3,(H,12,14). The molecule has 0 atom stereocenters. The second-order valence-electron chi connectivity index (χ2n) is 3.95. The molecule has 0 saturated carbocycles. The molecule has 0 bridgehead atoms. The Bertz CT molecular complexity index is 344. The van der Waals surface area contributed by atoms with E-state index in [1.807, 2.05) is 20.8 Å². The predicted molar refractivity (Wildman–Crippen MR) is 49.4 cm³/mol. The monoisotopic (exact) mass is 194 g/mol. The Kier molecular flexibility index (Phi) is 2.69. The van der Waals surface area contributed by atoms with Crippen molar-refractivity contribution >= 4 is 5.91 Å². The number of carbonyl (C=O) groups excluding carboxylic acids is 1. The summed E-state index contributed by atoms with van der Waals surface area (Å²) in [6.07, 6.45) is 2.33. The maximum Gasteiger partial charge on any atom is 0.288 e. The summed E-state index contributed by atoms with van der Waals surface area (Å²) >= 11 is 0. The van der Waals surface area contributed by atoms with Gasteiger partial charge in [-0.05, 0) is 20.8 Å². The summed E-state index contributed by atoms with van der Waals surface area (Å²) in [6, 6.07) is 0. The molecule has 1 aromatic heterocycles. The van der Waals surface area contributed by atoms with E-state index in [4.69, 9.17) is 0 Å². The minimum Gasteiger partial charge on any atom is -0.346 e. The zero-order valence-electron chi connectivity index (χ0n) is 8.37. The van der Waals surface area contributed by atoms with Crippen molar-refractivity contribution in [1.29, 1.82) is 0 Å². The summed E-state index contributed by atoms with van der Waals surface area (Å²) in [4.78, 5) is 18.6. The first-order chi connectivity index (χ1) is 6.38. The summed E-state index contributed by atoms with van der Waals surface area (Å²) in [5.74, 6) is -0.894. The van der Waals surface area contributed by atoms with E-state index >= 15 is 0 Å². The SMILES string of the molecule is CC(C)(C)NC(=O)c1cncc([O])n1. The van der Waals surface area contributed by atoms with E-state index in [0.717, 1.165) is 6.20 Å². The van der Waals surface area contributed by atoms with Crippen LogP contribution in [0.15, 0.2) is 12.4 Å². The lowest BCUT2D eigenvalue weighted by Gasteiger charge is -2.19. The molecule has 0 aromatic carbocycles. The van der Waals surface area contributed by atoms with Crippen molar-refractivity contribution in [2.75, 3.05) is 0 Å². The van der Waals surface area contributed by atoms with Crippen molar-refractivity contribution in [3.05, 3.63) is 18.1 Å². The molecular formula is C9H12N3O2. The first kappa shape index (κ1) is 10.4. The van der Waals surface area contributed by atoms with Gasteiger partial charge in [0.2, 0.25) is 0 Å². The first-order valence-corrected chi connectivity index (χ1v) is 4.20. The van der Waals surface area contributed by atoms with Crippen LogP contribution in [0.1, 0.15) is 31.3 Å². The van der Waals surface area contributed by atoms with E-state index in [1.54, 1.807) is 0 Å². The van der Waals surface area contributed by atoms with Crippen molar-refractivity contribution in [2.24, 2.45) is 0 Å². The van der Waals surface area contributed by atoms with E-state index in [1.165, 1.54) is 6.20 Å². The van der Waals surface area contributed by atoms with Gasteiger partial charge in [-0.2, -0.15) is 0 Å². The number of amides is 1. The Morgan fingerprint density at radius 2 is 2.00 bits per heavy atom. The predicted octanol–water partition coefficient (Wildman–Crippen LogP) is 1.15. The summed E-state index contributed by atoms with van der Waals surface area (Å²) in [6.45, 7) is 5.54. The minimum atomic E-state index is -0.508. The van der Waals surface area contributed by atoms with Gasteiger partial charge in [0.05, 0.1) is 12.4 Å². The third-order valence-corrected chi connectivity index (χ3v) is 1.33. The second kappa shape index (κ2) is 3.61. The van der Waals surface area contributed by atoms with E-state index in [-0.39, 0.29) is 17.1 Å². The molecule has 5 nitrogen and oxygen atoms in total. The molecule has 0 saturated heterocycles. The molecule has 5 heteroatoms. The van der Waals surface area contributed by atoms with Gasteiger partial charge in [-0.25, -0.2) is 4.98 Å². The zero-order valence-corrected chi connectivity index (χ0v) is 8.37. The number of hydrogen-bond acceptors (Lipinski definition) is 3. The van der Waals surface area contributed by atoms with Crippen molar-refractivity contribution in [2.45, 2.75) is 26.3 Å². The summed E-state index contributed by atoms with van der Waals surface area (Å²) in [7, 11) is 0. The molecule has 0 unspecified atom stereocenters. The number of rotatable bonds is 1. The Balaban J connectivity index is 2.80. The van der Waals surface area contributed by atoms with Gasteiger partial charge in [-0.15, -0.1) is 0 Å². The van der Waals surface area contributed by atoms with Crippen molar-refractivity contribution in [3.63, 3.8) is 0 Å². The quantitative estimate of drug-likeness (QED) is 0.728. The van der Waals surface area contributed by atoms with Crippen LogP contribution in [0.3, 0.4) is 0 Å². The molecule has 1 rings (SSSR count). The number of nitrogens with zero attached hydrogens (tertiary/aromatic N) is 2. The molecule has 14 heavy (non-hydrogen) atoms. The number of hydrogen-bond donors (Lipinski definition) is 1. The minimum absolute atomic E-state index is 0.0485. The molecule has 0 fully saturated rings. The summed E-state index contributed by atoms with van der Waals surface area (Å²) in [5.41, 5.74) is -0.301. The molecule has 1 radical (unpaired) electrons. The lowest BCUT2D eigenvalue weighted by atomic mass is 10.1. The van der Waals surface area contributed by atoms with Gasteiger partial charge in [0.15, 0.2) is 5.69 Å². The second-order valence-corrected chi connectivity index (χ2v) is 3.95. The van der Waals surface area contributed by atoms with Crippen molar-refractivity contribution < 1.29 is 9.90 Å². The van der Waals surface area contributed by atoms with Gasteiger partial charge in [0, 0.05) is 5.54 Å². The highest BCUT2D eigenvalue weighted by Gasteiger charge is 2.16. The normalized spacial score (nSPS) is 11.1. The molecule has 0 aliphatic heterocycles. The number of carbonyl (C=O) groups is 1. The Morgan fingerprint density at radius 1 is 1.36 bits per heavy atom. The van der Waals surface area contributed by atoms with Crippen LogP contribution >= 0.6 is 0 Å². The van der Waals surface area contributed by atoms with Crippen molar-refractivity contribution in [1.82, 2.24) is 15.3 Å². The van der Waals surface area contributed by atoms with Crippen LogP contribution in [0.4, 0.5) is 0 Å². The van der Waals surface area contributed by atoms with E-state index < -0.39 is 5.88 Å². The van der Waals surface area contributed by atoms with E-state index in [0.29, 0.717) is 0 Å². The largest absolute Gasteiger partial charge is 0.346 e. The van der Waals surface area contributed by atoms with E-state index in [9.17, 15) is 9.90 Å². The highest BCUT2D eigenvalue weighted by atomic mass is 16.3. The molecule has 0 spiro atoms. The van der Waals surface area contributed by atoms with Gasteiger partial charge < -0.3 is 5.32 Å². The van der Waals surface area contributed by atoms with Crippen LogP contribution in [0.25, 0.3) is 0 Å². The zero-order chi connectivity index (χ0) is 10.8. The van der Waals surface area contributed by atoms with Gasteiger partial charge >= 0.3 is 0 Å². The molecular weight excluding hydrogens is 182 g/mol. The number of nitrogens with one attached hydrogen (secondary N) is 1. The Labute approximate surface area is 82.2 Å². The van der Waals surface area contributed by atoms with Crippen LogP contribution in [-0.2, 0) is 5.11 Å². The van der Waals surface area contributed by atoms with Crippen molar-refractivity contribution in [3.8, 4) is 5.88 Å². The fraction of sp³-hybridized carbons (Fsp3) is 0.444. The smallest absolute Gasteiger partial charge is 0.288 e. The van der Waals surface area contributed by atoms with Crippen LogP contribution in [-0.4, -0.2) is 21.4 Å². The molecule has 1 aromatic rings. The Morgan fingerprint density at radius 3 is 2.50 bits per heavy atom. The highest BCUT2D eigenvalue weighted by Crippen LogP contribution is 2.05. The third kappa shape index (κ3) is 3.01. The molecule has 0 aliphatic carbocycles. The average Bonchev–Trinajstić information content (AvgIpc) is 2.01. The topological polar surface area (TPSA) is 74.8 Å². The summed E-state index contributed by atoms with van der Waals surface area (Å²) in [5, 5.41) is 13.5. The molecule has 1 N–H and O–H groups in total. The maximum absolute atomic E-state index is 11.5. The summed E-state index contributed by atoms with van der Waals surface area (Å²) < 4.78 is 0.